The Hall–Kier alpha value is -2.48. The van der Waals surface area contributed by atoms with Gasteiger partial charge in [-0.2, -0.15) is 0 Å². The Labute approximate surface area is 146 Å². The molecule has 2 aromatic rings. The number of carboxylic acids is 1. The van der Waals surface area contributed by atoms with E-state index in [1.54, 1.807) is 19.1 Å². The molecule has 1 amide bonds. The number of benzene rings is 1. The number of carbonyl (C=O) groups is 2. The molecule has 0 spiro atoms. The van der Waals surface area contributed by atoms with E-state index in [-0.39, 0.29) is 17.7 Å². The number of furan rings is 1. The summed E-state index contributed by atoms with van der Waals surface area (Å²) in [5.41, 5.74) is 1.21. The van der Waals surface area contributed by atoms with Crippen LogP contribution in [0.1, 0.15) is 21.7 Å². The molecule has 2 N–H and O–H groups in total. The van der Waals surface area contributed by atoms with Crippen LogP contribution in [0.3, 0.4) is 0 Å². The quantitative estimate of drug-likeness (QED) is 0.775. The molecular formula is C16H16BrNO6. The van der Waals surface area contributed by atoms with Crippen molar-refractivity contribution in [1.82, 2.24) is 0 Å². The molecule has 0 radical (unpaired) electrons. The fourth-order valence-electron chi connectivity index (χ4n) is 2.21. The molecule has 0 aliphatic carbocycles. The number of nitrogens with one attached hydrogen (secondary N) is 1. The van der Waals surface area contributed by atoms with E-state index in [1.165, 1.54) is 20.5 Å². The minimum atomic E-state index is -1.08. The van der Waals surface area contributed by atoms with Crippen molar-refractivity contribution in [1.29, 1.82) is 0 Å². The number of hydrogen-bond acceptors (Lipinski definition) is 5. The number of methoxy groups -OCH3 is 2. The number of hydrogen-bond donors (Lipinski definition) is 2. The summed E-state index contributed by atoms with van der Waals surface area (Å²) in [6, 6.07) is 3.24. The predicted octanol–water partition coefficient (Wildman–Crippen LogP) is 3.25. The van der Waals surface area contributed by atoms with E-state index in [0.29, 0.717) is 27.2 Å². The molecule has 8 heteroatoms. The number of aryl methyl sites for hydroxylation is 1. The van der Waals surface area contributed by atoms with Crippen molar-refractivity contribution >= 4 is 33.5 Å². The van der Waals surface area contributed by atoms with Crippen molar-refractivity contribution in [3.05, 3.63) is 39.8 Å². The van der Waals surface area contributed by atoms with Crippen molar-refractivity contribution in [2.75, 3.05) is 19.5 Å². The molecule has 0 fully saturated rings. The molecule has 2 rings (SSSR count). The van der Waals surface area contributed by atoms with Gasteiger partial charge in [0, 0.05) is 23.4 Å². The highest BCUT2D eigenvalue weighted by atomic mass is 79.9. The molecule has 128 valence electrons. The maximum Gasteiger partial charge on any atom is 0.311 e. The summed E-state index contributed by atoms with van der Waals surface area (Å²) in [5, 5.41) is 11.6. The van der Waals surface area contributed by atoms with Crippen LogP contribution in [0, 0.1) is 6.92 Å². The van der Waals surface area contributed by atoms with Gasteiger partial charge in [0.15, 0.2) is 0 Å². The van der Waals surface area contributed by atoms with Gasteiger partial charge in [0.2, 0.25) is 0 Å². The third kappa shape index (κ3) is 3.70. The summed E-state index contributed by atoms with van der Waals surface area (Å²) in [5.74, 6) is -0.471. The van der Waals surface area contributed by atoms with Crippen LogP contribution in [0.2, 0.25) is 0 Å². The molecule has 1 heterocycles. The van der Waals surface area contributed by atoms with Crippen LogP contribution < -0.4 is 14.8 Å². The van der Waals surface area contributed by atoms with Gasteiger partial charge in [-0.3, -0.25) is 9.59 Å². The molecule has 24 heavy (non-hydrogen) atoms. The zero-order chi connectivity index (χ0) is 17.9. The lowest BCUT2D eigenvalue weighted by Gasteiger charge is -2.12. The fraction of sp³-hybridized carbons (Fsp3) is 0.250. The number of rotatable bonds is 6. The lowest BCUT2D eigenvalue weighted by Crippen LogP contribution is -2.15. The number of ether oxygens (including phenoxy) is 2. The monoisotopic (exact) mass is 397 g/mol. The Morgan fingerprint density at radius 1 is 1.25 bits per heavy atom. The van der Waals surface area contributed by atoms with Gasteiger partial charge in [-0.1, -0.05) is 0 Å². The summed E-state index contributed by atoms with van der Waals surface area (Å²) in [6.07, 6.45) is 0.986. The van der Waals surface area contributed by atoms with E-state index >= 15 is 0 Å². The van der Waals surface area contributed by atoms with Gasteiger partial charge in [-0.25, -0.2) is 0 Å². The highest BCUT2D eigenvalue weighted by molar-refractivity contribution is 9.10. The van der Waals surface area contributed by atoms with Crippen LogP contribution in [0.5, 0.6) is 11.5 Å². The minimum Gasteiger partial charge on any atom is -0.495 e. The molecule has 0 atom stereocenters. The third-order valence-electron chi connectivity index (χ3n) is 3.29. The first-order valence-electron chi connectivity index (χ1n) is 6.89. The first-order chi connectivity index (χ1) is 11.4. The number of carbonyl (C=O) groups excluding carboxylic acids is 1. The maximum atomic E-state index is 12.5. The standard InChI is InChI=1S/C16H16BrNO6/c1-8-7-24-10(6-13(19)20)14(8)16(21)18-9-4-11(22-2)15(17)12(5-9)23-3/h4-5,7H,6H2,1-3H3,(H,18,21)(H,19,20). The van der Waals surface area contributed by atoms with E-state index < -0.39 is 11.9 Å². The molecule has 1 aromatic carbocycles. The molecule has 0 unspecified atom stereocenters. The van der Waals surface area contributed by atoms with Gasteiger partial charge in [0.1, 0.15) is 28.2 Å². The predicted molar refractivity (Wildman–Crippen MR) is 90.0 cm³/mol. The SMILES string of the molecule is COc1cc(NC(=O)c2c(C)coc2CC(=O)O)cc(OC)c1Br. The number of anilines is 1. The van der Waals surface area contributed by atoms with Crippen LogP contribution in [-0.2, 0) is 11.2 Å². The van der Waals surface area contributed by atoms with Gasteiger partial charge >= 0.3 is 5.97 Å². The molecule has 0 bridgehead atoms. The third-order valence-corrected chi connectivity index (χ3v) is 4.08. The fourth-order valence-corrected chi connectivity index (χ4v) is 2.76. The van der Waals surface area contributed by atoms with Crippen molar-refractivity contribution in [3.63, 3.8) is 0 Å². The summed E-state index contributed by atoms with van der Waals surface area (Å²) >= 11 is 3.35. The molecule has 0 aliphatic rings. The number of carboxylic acid groups (broad SMARTS) is 1. The largest absolute Gasteiger partial charge is 0.495 e. The van der Waals surface area contributed by atoms with Crippen LogP contribution in [0.4, 0.5) is 5.69 Å². The van der Waals surface area contributed by atoms with Crippen LogP contribution in [0.15, 0.2) is 27.3 Å². The average molecular weight is 398 g/mol. The van der Waals surface area contributed by atoms with E-state index in [1.807, 2.05) is 0 Å². The summed E-state index contributed by atoms with van der Waals surface area (Å²) < 4.78 is 16.2. The van der Waals surface area contributed by atoms with Gasteiger partial charge in [-0.05, 0) is 22.9 Å². The minimum absolute atomic E-state index is 0.105. The van der Waals surface area contributed by atoms with Crippen molar-refractivity contribution in [2.45, 2.75) is 13.3 Å². The highest BCUT2D eigenvalue weighted by Crippen LogP contribution is 2.37. The van der Waals surface area contributed by atoms with Gasteiger partial charge in [0.05, 0.1) is 26.0 Å². The maximum absolute atomic E-state index is 12.5. The second kappa shape index (κ2) is 7.39. The molecule has 0 aliphatic heterocycles. The van der Waals surface area contributed by atoms with Crippen molar-refractivity contribution < 1.29 is 28.6 Å². The lowest BCUT2D eigenvalue weighted by molar-refractivity contribution is -0.136. The van der Waals surface area contributed by atoms with Crippen LogP contribution in [-0.4, -0.2) is 31.2 Å². The molecule has 1 aromatic heterocycles. The Balaban J connectivity index is 2.34. The zero-order valence-corrected chi connectivity index (χ0v) is 14.9. The van der Waals surface area contributed by atoms with Gasteiger partial charge in [0.25, 0.3) is 5.91 Å². The van der Waals surface area contributed by atoms with Crippen LogP contribution in [0.25, 0.3) is 0 Å². The van der Waals surface area contributed by atoms with Gasteiger partial charge < -0.3 is 24.3 Å². The van der Waals surface area contributed by atoms with E-state index in [9.17, 15) is 9.59 Å². The first-order valence-corrected chi connectivity index (χ1v) is 7.68. The number of aliphatic carboxylic acids is 1. The van der Waals surface area contributed by atoms with E-state index in [0.717, 1.165) is 0 Å². The summed E-state index contributed by atoms with van der Waals surface area (Å²) in [7, 11) is 2.99. The Morgan fingerprint density at radius 2 is 1.83 bits per heavy atom. The normalized spacial score (nSPS) is 10.3. The van der Waals surface area contributed by atoms with Crippen LogP contribution >= 0.6 is 15.9 Å². The summed E-state index contributed by atoms with van der Waals surface area (Å²) in [6.45, 7) is 1.67. The van der Waals surface area contributed by atoms with Crippen molar-refractivity contribution in [2.24, 2.45) is 0 Å². The average Bonchev–Trinajstić information content (AvgIpc) is 2.88. The summed E-state index contributed by atoms with van der Waals surface area (Å²) in [4.78, 5) is 23.4. The number of amides is 1. The van der Waals surface area contributed by atoms with Crippen molar-refractivity contribution in [3.8, 4) is 11.5 Å². The first kappa shape index (κ1) is 17.9. The topological polar surface area (TPSA) is 98.0 Å². The zero-order valence-electron chi connectivity index (χ0n) is 13.3. The second-order valence-corrected chi connectivity index (χ2v) is 5.73. The Bertz CT molecular complexity index is 758. The Morgan fingerprint density at radius 3 is 2.33 bits per heavy atom. The number of halogens is 1. The van der Waals surface area contributed by atoms with E-state index in [2.05, 4.69) is 21.2 Å². The lowest BCUT2D eigenvalue weighted by atomic mass is 10.1. The highest BCUT2D eigenvalue weighted by Gasteiger charge is 2.21. The molecular weight excluding hydrogens is 382 g/mol. The smallest absolute Gasteiger partial charge is 0.311 e. The second-order valence-electron chi connectivity index (χ2n) is 4.94. The molecule has 7 nitrogen and oxygen atoms in total. The molecule has 0 saturated carbocycles. The molecule has 0 saturated heterocycles. The van der Waals surface area contributed by atoms with E-state index in [4.69, 9.17) is 19.0 Å². The Kier molecular flexibility index (Phi) is 5.50. The van der Waals surface area contributed by atoms with Gasteiger partial charge in [-0.15, -0.1) is 0 Å².